The number of hydrogen-bond donors (Lipinski definition) is 4. The van der Waals surface area contributed by atoms with Crippen LogP contribution in [0.1, 0.15) is 98.1 Å². The fourth-order valence-electron chi connectivity index (χ4n) is 8.34. The molecular weight excluding hydrogens is 905 g/mol. The van der Waals surface area contributed by atoms with Crippen molar-refractivity contribution in [1.29, 1.82) is 0 Å². The van der Waals surface area contributed by atoms with Gasteiger partial charge in [0.15, 0.2) is 23.1 Å². The highest BCUT2D eigenvalue weighted by Crippen LogP contribution is 2.50. The quantitative estimate of drug-likeness (QED) is 0.0594. The Morgan fingerprint density at radius 2 is 0.521 bits per heavy atom. The zero-order valence-electron chi connectivity index (χ0n) is 38.8. The molecule has 0 aliphatic rings. The normalized spacial score (nSPS) is 11.0. The van der Waals surface area contributed by atoms with Crippen LogP contribution in [-0.2, 0) is 4.74 Å². The molecule has 0 heterocycles. The van der Waals surface area contributed by atoms with E-state index in [1.165, 1.54) is 77.0 Å². The van der Waals surface area contributed by atoms with Gasteiger partial charge in [-0.25, -0.2) is 0 Å². The van der Waals surface area contributed by atoms with Crippen LogP contribution >= 0.6 is 0 Å². The lowest BCUT2D eigenvalue weighted by Gasteiger charge is -2.31. The Morgan fingerprint density at radius 3 is 0.704 bits per heavy atom. The molecule has 13 heteroatoms. The Labute approximate surface area is 408 Å². The maximum atomic E-state index is 14.3. The van der Waals surface area contributed by atoms with E-state index in [1.807, 2.05) is 0 Å². The van der Waals surface area contributed by atoms with Gasteiger partial charge in [-0.15, -0.1) is 0 Å². The number of rotatable bonds is 18. The maximum absolute atomic E-state index is 14.3. The Hall–Kier alpha value is -9.20. The van der Waals surface area contributed by atoms with Crippen LogP contribution in [0.3, 0.4) is 0 Å². The lowest BCUT2D eigenvalue weighted by molar-refractivity contribution is 0.0257. The summed E-state index contributed by atoms with van der Waals surface area (Å²) in [5.74, 6) is -4.14. The van der Waals surface area contributed by atoms with Crippen LogP contribution < -0.4 is 18.9 Å². The molecule has 8 aromatic carbocycles. The molecule has 0 fully saturated rings. The van der Waals surface area contributed by atoms with Gasteiger partial charge < -0.3 is 44.1 Å². The third-order valence-electron chi connectivity index (χ3n) is 11.9. The van der Waals surface area contributed by atoms with Gasteiger partial charge in [0.2, 0.25) is 0 Å². The van der Waals surface area contributed by atoms with Crippen LogP contribution in [0.4, 0.5) is 0 Å². The summed E-state index contributed by atoms with van der Waals surface area (Å²) in [5.41, 5.74) is 0.559. The number of ether oxygens (including phenoxy) is 5. The molecule has 0 amide bonds. The highest BCUT2D eigenvalue weighted by molar-refractivity contribution is 6.13. The fourth-order valence-corrected chi connectivity index (χ4v) is 8.34. The highest BCUT2D eigenvalue weighted by atomic mass is 16.5. The first-order chi connectivity index (χ1) is 34.4. The van der Waals surface area contributed by atoms with Crippen LogP contribution in [0, 0.1) is 0 Å². The number of methoxy groups -OCH3 is 4. The van der Waals surface area contributed by atoms with Crippen molar-refractivity contribution in [1.82, 2.24) is 0 Å². The minimum atomic E-state index is -1.56. The molecular formula is C58H46O13. The van der Waals surface area contributed by atoms with Crippen molar-refractivity contribution in [3.63, 3.8) is 0 Å². The van der Waals surface area contributed by atoms with E-state index in [4.69, 9.17) is 23.7 Å². The van der Waals surface area contributed by atoms with Gasteiger partial charge in [-0.3, -0.25) is 19.2 Å². The van der Waals surface area contributed by atoms with Crippen molar-refractivity contribution < 1.29 is 63.3 Å². The van der Waals surface area contributed by atoms with Crippen molar-refractivity contribution >= 4 is 23.1 Å². The molecule has 0 aromatic heterocycles. The number of carbonyl (C=O) groups excluding carboxylic acids is 4. The smallest absolute Gasteiger partial charge is 0.196 e. The highest BCUT2D eigenvalue weighted by Gasteiger charge is 2.36. The third-order valence-corrected chi connectivity index (χ3v) is 11.9. The molecule has 0 saturated carbocycles. The second-order valence-corrected chi connectivity index (χ2v) is 16.1. The van der Waals surface area contributed by atoms with E-state index in [0.29, 0.717) is 0 Å². The number of benzene rings is 8. The van der Waals surface area contributed by atoms with Crippen molar-refractivity contribution in [3.05, 3.63) is 237 Å². The first-order valence-corrected chi connectivity index (χ1v) is 22.0. The van der Waals surface area contributed by atoms with Crippen LogP contribution in [0.25, 0.3) is 0 Å². The molecule has 0 unspecified atom stereocenters. The molecule has 4 N–H and O–H groups in total. The molecule has 0 saturated heterocycles. The van der Waals surface area contributed by atoms with Gasteiger partial charge in [0.1, 0.15) is 58.2 Å². The topological polar surface area (TPSA) is 195 Å². The average Bonchev–Trinajstić information content (AvgIpc) is 3.41. The first kappa shape index (κ1) is 48.3. The number of hydrogen-bond acceptors (Lipinski definition) is 13. The molecule has 0 radical (unpaired) electrons. The molecule has 0 aliphatic carbocycles. The van der Waals surface area contributed by atoms with Crippen molar-refractivity contribution in [2.45, 2.75) is 12.2 Å². The van der Waals surface area contributed by atoms with Gasteiger partial charge in [0, 0.05) is 68.8 Å². The van der Waals surface area contributed by atoms with Gasteiger partial charge in [0.25, 0.3) is 0 Å². The van der Waals surface area contributed by atoms with Crippen LogP contribution in [0.15, 0.2) is 170 Å². The summed E-state index contributed by atoms with van der Waals surface area (Å²) >= 11 is 0. The van der Waals surface area contributed by atoms with Gasteiger partial charge in [-0.05, 0) is 24.3 Å². The van der Waals surface area contributed by atoms with E-state index >= 15 is 0 Å². The Kier molecular flexibility index (Phi) is 14.3. The zero-order chi connectivity index (χ0) is 50.3. The summed E-state index contributed by atoms with van der Waals surface area (Å²) in [6, 6.07) is 43.3. The van der Waals surface area contributed by atoms with E-state index in [9.17, 15) is 39.6 Å². The second kappa shape index (κ2) is 21.0. The van der Waals surface area contributed by atoms with E-state index < -0.39 is 58.3 Å². The molecule has 0 atom stereocenters. The van der Waals surface area contributed by atoms with Crippen molar-refractivity contribution in [2.75, 3.05) is 28.4 Å². The largest absolute Gasteiger partial charge is 0.507 e. The standard InChI is InChI=1S/C58H46O13/c1-67-49-29-45(59)37(53(63)33-17-9-5-10-18-33)25-41(49)57(42-26-38(46(60)30-50(42)68-2)54(64)34-19-11-6-12-20-34)71-58(43-27-39(47(61)31-51(43)69-3)55(65)35-21-13-7-14-22-35)44-28-40(48(62)32-52(44)70-4)56(66)36-23-15-8-16-24-36/h5-32,57-62H,1-4H3. The molecule has 8 aromatic rings. The molecule has 8 rings (SSSR count). The number of carbonyl (C=O) groups is 4. The minimum absolute atomic E-state index is 0.0165. The average molecular weight is 951 g/mol. The van der Waals surface area contributed by atoms with Gasteiger partial charge >= 0.3 is 0 Å². The summed E-state index contributed by atoms with van der Waals surface area (Å²) < 4.78 is 31.0. The predicted octanol–water partition coefficient (Wildman–Crippen LogP) is 10.4. The molecule has 71 heavy (non-hydrogen) atoms. The second-order valence-electron chi connectivity index (χ2n) is 16.1. The monoisotopic (exact) mass is 950 g/mol. The molecule has 356 valence electrons. The van der Waals surface area contributed by atoms with E-state index in [0.717, 1.165) is 0 Å². The molecule has 0 spiro atoms. The van der Waals surface area contributed by atoms with Crippen LogP contribution in [-0.4, -0.2) is 72.0 Å². The number of ketones is 4. The number of phenolic OH excluding ortho intramolecular Hbond substituents is 4. The van der Waals surface area contributed by atoms with Crippen LogP contribution in [0.5, 0.6) is 46.0 Å². The minimum Gasteiger partial charge on any atom is -0.507 e. The Balaban J connectivity index is 1.47. The van der Waals surface area contributed by atoms with Crippen molar-refractivity contribution in [2.24, 2.45) is 0 Å². The third kappa shape index (κ3) is 9.75. The summed E-state index contributed by atoms with van der Waals surface area (Å²) in [5, 5.41) is 46.0. The summed E-state index contributed by atoms with van der Waals surface area (Å²) in [6.07, 6.45) is -3.12. The number of phenols is 4. The van der Waals surface area contributed by atoms with Gasteiger partial charge in [-0.2, -0.15) is 0 Å². The predicted molar refractivity (Wildman–Crippen MR) is 263 cm³/mol. The Morgan fingerprint density at radius 1 is 0.324 bits per heavy atom. The zero-order valence-corrected chi connectivity index (χ0v) is 38.8. The summed E-state index contributed by atoms with van der Waals surface area (Å²) in [7, 11) is 5.33. The maximum Gasteiger partial charge on any atom is 0.196 e. The van der Waals surface area contributed by atoms with E-state index in [1.54, 1.807) is 121 Å². The van der Waals surface area contributed by atoms with Crippen LogP contribution in [0.2, 0.25) is 0 Å². The molecule has 13 nitrogen and oxygen atoms in total. The fraction of sp³-hybridized carbons (Fsp3) is 0.103. The van der Waals surface area contributed by atoms with Gasteiger partial charge in [0.05, 0.1) is 50.7 Å². The lowest BCUT2D eigenvalue weighted by Crippen LogP contribution is -2.19. The summed E-state index contributed by atoms with van der Waals surface area (Å²) in [4.78, 5) is 57.2. The molecule has 0 aliphatic heterocycles. The SMILES string of the molecule is COc1cc(O)c(C(=O)c2ccccc2)cc1C(OC(c1cc(C(=O)c2ccccc2)c(O)cc1OC)c1cc(C(=O)c2ccccc2)c(O)cc1OC)c1cc(C(=O)c2ccccc2)c(O)cc1OC. The Bertz CT molecular complexity index is 2840. The first-order valence-electron chi connectivity index (χ1n) is 22.0. The molecule has 0 bridgehead atoms. The lowest BCUT2D eigenvalue weighted by atomic mass is 9.89. The van der Waals surface area contributed by atoms with Gasteiger partial charge in [-0.1, -0.05) is 121 Å². The van der Waals surface area contributed by atoms with Crippen molar-refractivity contribution in [3.8, 4) is 46.0 Å². The van der Waals surface area contributed by atoms with E-state index in [2.05, 4.69) is 0 Å². The number of aromatic hydroxyl groups is 4. The van der Waals surface area contributed by atoms with E-state index in [-0.39, 0.29) is 89.8 Å². The summed E-state index contributed by atoms with van der Waals surface area (Å²) in [6.45, 7) is 0.